The summed E-state index contributed by atoms with van der Waals surface area (Å²) in [6, 6.07) is 3.67. The Balaban J connectivity index is 2.32. The van der Waals surface area contributed by atoms with E-state index in [-0.39, 0.29) is 35.7 Å². The second kappa shape index (κ2) is 5.48. The Morgan fingerprint density at radius 3 is 2.83 bits per heavy atom. The summed E-state index contributed by atoms with van der Waals surface area (Å²) in [6.07, 6.45) is 2.00. The van der Waals surface area contributed by atoms with Gasteiger partial charge in [0, 0.05) is 31.3 Å². The highest BCUT2D eigenvalue weighted by atomic mass is 16.5. The summed E-state index contributed by atoms with van der Waals surface area (Å²) in [4.78, 5) is 23.7. The SMILES string of the molecule is COCC1C(C)C(=O)CC(=O)CC1c1ccco1. The van der Waals surface area contributed by atoms with Crippen LogP contribution in [0.1, 0.15) is 31.4 Å². The van der Waals surface area contributed by atoms with E-state index in [9.17, 15) is 9.59 Å². The van der Waals surface area contributed by atoms with E-state index in [1.54, 1.807) is 19.4 Å². The summed E-state index contributed by atoms with van der Waals surface area (Å²) in [5.41, 5.74) is 0. The molecule has 2 rings (SSSR count). The maximum Gasteiger partial charge on any atom is 0.143 e. The van der Waals surface area contributed by atoms with Crippen molar-refractivity contribution in [1.82, 2.24) is 0 Å². The third-order valence-corrected chi connectivity index (χ3v) is 3.75. The third kappa shape index (κ3) is 2.53. The van der Waals surface area contributed by atoms with Crippen LogP contribution in [0.2, 0.25) is 0 Å². The molecule has 0 aromatic carbocycles. The van der Waals surface area contributed by atoms with Gasteiger partial charge in [0.05, 0.1) is 19.3 Å². The van der Waals surface area contributed by atoms with Gasteiger partial charge in [0.1, 0.15) is 17.3 Å². The Morgan fingerprint density at radius 2 is 2.22 bits per heavy atom. The number of methoxy groups -OCH3 is 1. The van der Waals surface area contributed by atoms with E-state index < -0.39 is 0 Å². The van der Waals surface area contributed by atoms with Crippen molar-refractivity contribution >= 4 is 11.6 Å². The number of rotatable bonds is 3. The summed E-state index contributed by atoms with van der Waals surface area (Å²) in [7, 11) is 1.61. The first-order chi connectivity index (χ1) is 8.63. The first kappa shape index (κ1) is 13.0. The van der Waals surface area contributed by atoms with Crippen LogP contribution in [0.4, 0.5) is 0 Å². The van der Waals surface area contributed by atoms with Crippen molar-refractivity contribution in [1.29, 1.82) is 0 Å². The lowest BCUT2D eigenvalue weighted by molar-refractivity contribution is -0.128. The molecule has 4 heteroatoms. The van der Waals surface area contributed by atoms with E-state index in [0.717, 1.165) is 5.76 Å². The number of Topliss-reactive ketones (excluding diaryl/α,β-unsaturated/α-hetero) is 2. The normalized spacial score (nSPS) is 29.3. The van der Waals surface area contributed by atoms with Gasteiger partial charge in [-0.2, -0.15) is 0 Å². The van der Waals surface area contributed by atoms with E-state index >= 15 is 0 Å². The number of hydrogen-bond acceptors (Lipinski definition) is 4. The minimum atomic E-state index is -0.175. The summed E-state index contributed by atoms with van der Waals surface area (Å²) in [6.45, 7) is 2.34. The summed E-state index contributed by atoms with van der Waals surface area (Å²) >= 11 is 0. The summed E-state index contributed by atoms with van der Waals surface area (Å²) in [5.74, 6) is 0.537. The molecule has 0 bridgehead atoms. The summed E-state index contributed by atoms with van der Waals surface area (Å²) in [5, 5.41) is 0. The molecular weight excluding hydrogens is 232 g/mol. The van der Waals surface area contributed by atoms with Gasteiger partial charge in [-0.3, -0.25) is 9.59 Å². The van der Waals surface area contributed by atoms with Crippen LogP contribution in [-0.4, -0.2) is 25.3 Å². The quantitative estimate of drug-likeness (QED) is 0.609. The number of carbonyl (C=O) groups excluding carboxylic acids is 2. The Kier molecular flexibility index (Phi) is 3.97. The van der Waals surface area contributed by atoms with Crippen molar-refractivity contribution in [2.45, 2.75) is 25.7 Å². The van der Waals surface area contributed by atoms with Gasteiger partial charge in [-0.1, -0.05) is 6.92 Å². The molecule has 0 N–H and O–H groups in total. The maximum atomic E-state index is 11.9. The van der Waals surface area contributed by atoms with Crippen molar-refractivity contribution in [2.24, 2.45) is 11.8 Å². The van der Waals surface area contributed by atoms with Crippen LogP contribution in [-0.2, 0) is 14.3 Å². The highest BCUT2D eigenvalue weighted by molar-refractivity contribution is 6.01. The van der Waals surface area contributed by atoms with Crippen molar-refractivity contribution in [3.8, 4) is 0 Å². The van der Waals surface area contributed by atoms with Crippen molar-refractivity contribution < 1.29 is 18.7 Å². The van der Waals surface area contributed by atoms with Crippen molar-refractivity contribution in [3.05, 3.63) is 24.2 Å². The average molecular weight is 250 g/mol. The number of carbonyl (C=O) groups is 2. The lowest BCUT2D eigenvalue weighted by Gasteiger charge is -2.26. The molecule has 3 unspecified atom stereocenters. The zero-order chi connectivity index (χ0) is 13.1. The minimum Gasteiger partial charge on any atom is -0.469 e. The molecular formula is C14H18O4. The molecule has 1 aromatic heterocycles. The zero-order valence-electron chi connectivity index (χ0n) is 10.7. The number of hydrogen-bond donors (Lipinski definition) is 0. The first-order valence-corrected chi connectivity index (χ1v) is 6.20. The third-order valence-electron chi connectivity index (χ3n) is 3.75. The predicted octanol–water partition coefficient (Wildman–Crippen LogP) is 2.19. The molecule has 0 amide bonds. The highest BCUT2D eigenvalue weighted by Gasteiger charge is 2.38. The van der Waals surface area contributed by atoms with E-state index in [4.69, 9.17) is 9.15 Å². The molecule has 4 nitrogen and oxygen atoms in total. The smallest absolute Gasteiger partial charge is 0.143 e. The largest absolute Gasteiger partial charge is 0.469 e. The number of ketones is 2. The summed E-state index contributed by atoms with van der Waals surface area (Å²) < 4.78 is 10.6. The molecule has 0 saturated heterocycles. The monoisotopic (exact) mass is 250 g/mol. The number of furan rings is 1. The molecule has 0 aliphatic heterocycles. The van der Waals surface area contributed by atoms with E-state index in [2.05, 4.69) is 0 Å². The molecule has 1 aliphatic carbocycles. The van der Waals surface area contributed by atoms with Gasteiger partial charge in [0.2, 0.25) is 0 Å². The Bertz CT molecular complexity index is 421. The predicted molar refractivity (Wildman–Crippen MR) is 65.2 cm³/mol. The van der Waals surface area contributed by atoms with Crippen LogP contribution in [0.15, 0.2) is 22.8 Å². The maximum absolute atomic E-state index is 11.9. The second-order valence-corrected chi connectivity index (χ2v) is 4.92. The molecule has 1 saturated carbocycles. The van der Waals surface area contributed by atoms with Crippen molar-refractivity contribution in [3.63, 3.8) is 0 Å². The molecule has 1 heterocycles. The van der Waals surface area contributed by atoms with Gasteiger partial charge in [-0.05, 0) is 12.1 Å². The van der Waals surface area contributed by atoms with Crippen LogP contribution in [0.3, 0.4) is 0 Å². The van der Waals surface area contributed by atoms with Gasteiger partial charge in [0.15, 0.2) is 0 Å². The van der Waals surface area contributed by atoms with Crippen LogP contribution in [0.5, 0.6) is 0 Å². The van der Waals surface area contributed by atoms with Gasteiger partial charge in [-0.15, -0.1) is 0 Å². The first-order valence-electron chi connectivity index (χ1n) is 6.20. The molecule has 1 aromatic rings. The molecule has 0 radical (unpaired) electrons. The fourth-order valence-electron chi connectivity index (χ4n) is 2.68. The topological polar surface area (TPSA) is 56.5 Å². The van der Waals surface area contributed by atoms with E-state index in [1.807, 2.05) is 13.0 Å². The van der Waals surface area contributed by atoms with E-state index in [1.165, 1.54) is 0 Å². The zero-order valence-corrected chi connectivity index (χ0v) is 10.7. The lowest BCUT2D eigenvalue weighted by Crippen LogP contribution is -2.27. The Labute approximate surface area is 106 Å². The fraction of sp³-hybridized carbons (Fsp3) is 0.571. The van der Waals surface area contributed by atoms with Crippen LogP contribution in [0.25, 0.3) is 0 Å². The lowest BCUT2D eigenvalue weighted by atomic mass is 9.80. The van der Waals surface area contributed by atoms with Crippen LogP contribution < -0.4 is 0 Å². The van der Waals surface area contributed by atoms with E-state index in [0.29, 0.717) is 13.0 Å². The standard InChI is InChI=1S/C14H18O4/c1-9-12(8-17-2)11(14-4-3-5-18-14)6-10(15)7-13(9)16/h3-5,9,11-12H,6-8H2,1-2H3. The molecule has 0 spiro atoms. The molecule has 98 valence electrons. The Hall–Kier alpha value is -1.42. The van der Waals surface area contributed by atoms with Gasteiger partial charge in [0.25, 0.3) is 0 Å². The van der Waals surface area contributed by atoms with Gasteiger partial charge >= 0.3 is 0 Å². The van der Waals surface area contributed by atoms with Crippen molar-refractivity contribution in [2.75, 3.05) is 13.7 Å². The Morgan fingerprint density at radius 1 is 1.44 bits per heavy atom. The van der Waals surface area contributed by atoms with Gasteiger partial charge in [-0.25, -0.2) is 0 Å². The van der Waals surface area contributed by atoms with Crippen LogP contribution >= 0.6 is 0 Å². The molecule has 18 heavy (non-hydrogen) atoms. The fourth-order valence-corrected chi connectivity index (χ4v) is 2.68. The molecule has 3 atom stereocenters. The molecule has 1 fully saturated rings. The minimum absolute atomic E-state index is 0.0000926. The van der Waals surface area contributed by atoms with Crippen LogP contribution in [0, 0.1) is 11.8 Å². The number of ether oxygens (including phenoxy) is 1. The molecule has 1 aliphatic rings. The van der Waals surface area contributed by atoms with Gasteiger partial charge < -0.3 is 9.15 Å². The average Bonchev–Trinajstić information content (AvgIpc) is 2.83. The second-order valence-electron chi connectivity index (χ2n) is 4.92. The highest BCUT2D eigenvalue weighted by Crippen LogP contribution is 2.37.